The van der Waals surface area contributed by atoms with Crippen LogP contribution in [0.1, 0.15) is 24.8 Å². The van der Waals surface area contributed by atoms with Crippen molar-refractivity contribution in [3.63, 3.8) is 0 Å². The van der Waals surface area contributed by atoms with Crippen LogP contribution in [0.2, 0.25) is 10.0 Å². The van der Waals surface area contributed by atoms with Gasteiger partial charge in [-0.2, -0.15) is 0 Å². The predicted octanol–water partition coefficient (Wildman–Crippen LogP) is 4.50. The van der Waals surface area contributed by atoms with E-state index in [0.29, 0.717) is 41.7 Å². The molecule has 32 heavy (non-hydrogen) atoms. The Morgan fingerprint density at radius 2 is 1.78 bits per heavy atom. The number of hydrogen-bond acceptors (Lipinski definition) is 4. The number of carbonyl (C=O) groups is 2. The van der Waals surface area contributed by atoms with Gasteiger partial charge in [0.1, 0.15) is 5.75 Å². The van der Waals surface area contributed by atoms with Crippen LogP contribution in [0.25, 0.3) is 0 Å². The van der Waals surface area contributed by atoms with Crippen LogP contribution in [-0.2, 0) is 16.0 Å². The molecule has 1 aliphatic rings. The minimum Gasteiger partial charge on any atom is -0.497 e. The maximum absolute atomic E-state index is 12.7. The maximum atomic E-state index is 12.7. The molecular formula is C24H29Cl2N3O3. The van der Waals surface area contributed by atoms with Crippen LogP contribution in [0, 0.1) is 0 Å². The molecule has 1 heterocycles. The highest BCUT2D eigenvalue weighted by Crippen LogP contribution is 2.25. The summed E-state index contributed by atoms with van der Waals surface area (Å²) >= 11 is 12.1. The van der Waals surface area contributed by atoms with E-state index in [9.17, 15) is 9.59 Å². The molecule has 6 nitrogen and oxygen atoms in total. The average molecular weight is 478 g/mol. The summed E-state index contributed by atoms with van der Waals surface area (Å²) in [4.78, 5) is 29.2. The maximum Gasteiger partial charge on any atom is 0.225 e. The third-order valence-corrected chi connectivity index (χ3v) is 6.15. The molecule has 0 radical (unpaired) electrons. The molecule has 172 valence electrons. The van der Waals surface area contributed by atoms with Gasteiger partial charge in [0.15, 0.2) is 0 Å². The first kappa shape index (κ1) is 24.4. The van der Waals surface area contributed by atoms with Crippen molar-refractivity contribution in [3.8, 4) is 5.75 Å². The molecule has 2 aromatic rings. The molecule has 0 aromatic heterocycles. The first-order valence-electron chi connectivity index (χ1n) is 10.8. The number of hydrogen-bond donors (Lipinski definition) is 1. The van der Waals surface area contributed by atoms with Gasteiger partial charge in [-0.05, 0) is 55.3 Å². The van der Waals surface area contributed by atoms with Gasteiger partial charge in [0.25, 0.3) is 0 Å². The van der Waals surface area contributed by atoms with E-state index in [1.54, 1.807) is 25.3 Å². The Hall–Kier alpha value is -2.28. The zero-order chi connectivity index (χ0) is 22.9. The molecule has 1 N–H and O–H groups in total. The summed E-state index contributed by atoms with van der Waals surface area (Å²) < 4.78 is 5.17. The molecule has 0 atom stereocenters. The lowest BCUT2D eigenvalue weighted by molar-refractivity contribution is -0.131. The zero-order valence-electron chi connectivity index (χ0n) is 18.3. The first-order chi connectivity index (χ1) is 15.4. The highest BCUT2D eigenvalue weighted by Gasteiger charge is 2.19. The second-order valence-corrected chi connectivity index (χ2v) is 8.69. The second kappa shape index (κ2) is 12.1. The first-order valence-corrected chi connectivity index (χ1v) is 11.6. The third-order valence-electron chi connectivity index (χ3n) is 5.59. The average Bonchev–Trinajstić information content (AvgIpc) is 3.04. The monoisotopic (exact) mass is 477 g/mol. The molecule has 0 saturated carbocycles. The molecule has 1 aliphatic heterocycles. The topological polar surface area (TPSA) is 61.9 Å². The van der Waals surface area contributed by atoms with E-state index < -0.39 is 0 Å². The van der Waals surface area contributed by atoms with Gasteiger partial charge in [-0.25, -0.2) is 0 Å². The molecule has 3 rings (SSSR count). The molecule has 8 heteroatoms. The summed E-state index contributed by atoms with van der Waals surface area (Å²) in [6.45, 7) is 3.70. The van der Waals surface area contributed by atoms with Crippen LogP contribution in [0.4, 0.5) is 5.69 Å². The number of ether oxygens (including phenoxy) is 1. The van der Waals surface area contributed by atoms with Gasteiger partial charge in [-0.3, -0.25) is 9.59 Å². The molecule has 1 fully saturated rings. The van der Waals surface area contributed by atoms with Crippen molar-refractivity contribution in [3.05, 3.63) is 58.1 Å². The van der Waals surface area contributed by atoms with Crippen molar-refractivity contribution in [2.75, 3.05) is 45.2 Å². The Labute approximate surface area is 199 Å². The fraction of sp³-hybridized carbons (Fsp3) is 0.417. The Morgan fingerprint density at radius 1 is 1.00 bits per heavy atom. The highest BCUT2D eigenvalue weighted by molar-refractivity contribution is 6.35. The molecule has 0 spiro atoms. The van der Waals surface area contributed by atoms with Gasteiger partial charge in [0.2, 0.25) is 11.8 Å². The van der Waals surface area contributed by atoms with E-state index in [-0.39, 0.29) is 11.8 Å². The van der Waals surface area contributed by atoms with E-state index in [2.05, 4.69) is 10.2 Å². The minimum atomic E-state index is -0.106. The number of methoxy groups -OCH3 is 1. The summed E-state index contributed by atoms with van der Waals surface area (Å²) in [6, 6.07) is 12.8. The predicted molar refractivity (Wildman–Crippen MR) is 129 cm³/mol. The zero-order valence-corrected chi connectivity index (χ0v) is 19.8. The number of nitrogens with zero attached hydrogens (tertiary/aromatic N) is 2. The van der Waals surface area contributed by atoms with E-state index in [4.69, 9.17) is 27.9 Å². The largest absolute Gasteiger partial charge is 0.497 e. The number of anilines is 1. The number of halogens is 2. The van der Waals surface area contributed by atoms with Gasteiger partial charge >= 0.3 is 0 Å². The van der Waals surface area contributed by atoms with E-state index in [1.807, 2.05) is 29.2 Å². The lowest BCUT2D eigenvalue weighted by Crippen LogP contribution is -2.36. The third kappa shape index (κ3) is 7.40. The molecule has 1 saturated heterocycles. The number of amides is 2. The SMILES string of the molecule is COc1ccc(CCC(=O)N2CCCN(CCC(=O)Nc3cc(Cl)ccc3Cl)CC2)cc1. The smallest absolute Gasteiger partial charge is 0.225 e. The molecule has 2 amide bonds. The minimum absolute atomic E-state index is 0.106. The van der Waals surface area contributed by atoms with Gasteiger partial charge in [-0.15, -0.1) is 0 Å². The van der Waals surface area contributed by atoms with Crippen molar-refractivity contribution < 1.29 is 14.3 Å². The normalized spacial score (nSPS) is 14.7. The number of aryl methyl sites for hydroxylation is 1. The van der Waals surface area contributed by atoms with Crippen LogP contribution in [0.15, 0.2) is 42.5 Å². The Kier molecular flexibility index (Phi) is 9.21. The fourth-order valence-electron chi connectivity index (χ4n) is 3.71. The molecule has 0 aliphatic carbocycles. The molecule has 0 bridgehead atoms. The lowest BCUT2D eigenvalue weighted by atomic mass is 10.1. The number of benzene rings is 2. The van der Waals surface area contributed by atoms with Gasteiger partial charge in [-0.1, -0.05) is 35.3 Å². The van der Waals surface area contributed by atoms with Crippen molar-refractivity contribution in [1.29, 1.82) is 0 Å². The highest BCUT2D eigenvalue weighted by atomic mass is 35.5. The summed E-state index contributed by atoms with van der Waals surface area (Å²) in [7, 11) is 1.64. The number of rotatable bonds is 8. The summed E-state index contributed by atoms with van der Waals surface area (Å²) in [5.74, 6) is 0.888. The fourth-order valence-corrected chi connectivity index (χ4v) is 4.05. The standard InChI is InChI=1S/C24H29Cl2N3O3/c1-32-20-7-3-18(4-8-20)5-10-24(31)29-13-2-12-28(15-16-29)14-11-23(30)27-22-17-19(25)6-9-21(22)26/h3-4,6-9,17H,2,5,10-16H2,1H3,(H,27,30). The Morgan fingerprint density at radius 3 is 2.53 bits per heavy atom. The van der Waals surface area contributed by atoms with Gasteiger partial charge in [0, 0.05) is 44.0 Å². The van der Waals surface area contributed by atoms with E-state index >= 15 is 0 Å². The number of carbonyl (C=O) groups excluding carboxylic acids is 2. The van der Waals surface area contributed by atoms with Crippen LogP contribution < -0.4 is 10.1 Å². The lowest BCUT2D eigenvalue weighted by Gasteiger charge is -2.22. The van der Waals surface area contributed by atoms with Crippen LogP contribution in [0.3, 0.4) is 0 Å². The van der Waals surface area contributed by atoms with Crippen LogP contribution in [-0.4, -0.2) is 61.4 Å². The van der Waals surface area contributed by atoms with Crippen molar-refractivity contribution >= 4 is 40.7 Å². The van der Waals surface area contributed by atoms with E-state index in [0.717, 1.165) is 43.8 Å². The summed E-state index contributed by atoms with van der Waals surface area (Å²) in [5, 5.41) is 3.80. The quantitative estimate of drug-likeness (QED) is 0.607. The van der Waals surface area contributed by atoms with Crippen LogP contribution >= 0.6 is 23.2 Å². The molecule has 2 aromatic carbocycles. The summed E-state index contributed by atoms with van der Waals surface area (Å²) in [5.41, 5.74) is 1.65. The van der Waals surface area contributed by atoms with Crippen LogP contribution in [0.5, 0.6) is 5.75 Å². The van der Waals surface area contributed by atoms with E-state index in [1.165, 1.54) is 0 Å². The van der Waals surface area contributed by atoms with Gasteiger partial charge in [0.05, 0.1) is 17.8 Å². The van der Waals surface area contributed by atoms with Gasteiger partial charge < -0.3 is 19.9 Å². The van der Waals surface area contributed by atoms with Crippen molar-refractivity contribution in [1.82, 2.24) is 9.80 Å². The summed E-state index contributed by atoms with van der Waals surface area (Å²) in [6.07, 6.45) is 2.47. The number of nitrogens with one attached hydrogen (secondary N) is 1. The second-order valence-electron chi connectivity index (χ2n) is 7.85. The van der Waals surface area contributed by atoms with Crippen molar-refractivity contribution in [2.45, 2.75) is 25.7 Å². The Bertz CT molecular complexity index is 921. The Balaban J connectivity index is 1.40. The molecule has 0 unspecified atom stereocenters. The van der Waals surface area contributed by atoms with Crippen molar-refractivity contribution in [2.24, 2.45) is 0 Å². The molecular weight excluding hydrogens is 449 g/mol.